The van der Waals surface area contributed by atoms with Crippen molar-refractivity contribution in [1.29, 1.82) is 0 Å². The van der Waals surface area contributed by atoms with Crippen LogP contribution in [0.3, 0.4) is 0 Å². The second kappa shape index (κ2) is 5.47. The molecule has 2 rings (SSSR count). The highest BCUT2D eigenvalue weighted by atomic mass is 16.3. The van der Waals surface area contributed by atoms with Gasteiger partial charge in [-0.2, -0.15) is 0 Å². The van der Waals surface area contributed by atoms with E-state index in [4.69, 9.17) is 4.42 Å². The molecule has 0 bridgehead atoms. The van der Waals surface area contributed by atoms with E-state index in [-0.39, 0.29) is 0 Å². The molecule has 94 valence electrons. The molecule has 4 heteroatoms. The summed E-state index contributed by atoms with van der Waals surface area (Å²) in [5.74, 6) is 1.31. The van der Waals surface area contributed by atoms with Crippen LogP contribution < -0.4 is 0 Å². The Morgan fingerprint density at radius 2 is 2.35 bits per heavy atom. The fourth-order valence-corrected chi connectivity index (χ4v) is 2.47. The highest BCUT2D eigenvalue weighted by Gasteiger charge is 2.25. The molecule has 0 amide bonds. The average Bonchev–Trinajstić information content (AvgIpc) is 2.89. The van der Waals surface area contributed by atoms with E-state index < -0.39 is 0 Å². The first-order chi connectivity index (χ1) is 8.19. The molecule has 0 radical (unpaired) electrons. The van der Waals surface area contributed by atoms with Crippen LogP contribution in [-0.2, 0) is 6.54 Å². The monoisotopic (exact) mass is 236 g/mol. The zero-order valence-corrected chi connectivity index (χ0v) is 10.6. The van der Waals surface area contributed by atoms with Gasteiger partial charge in [0, 0.05) is 12.6 Å². The summed E-state index contributed by atoms with van der Waals surface area (Å²) in [4.78, 5) is 15.2. The minimum Gasteiger partial charge on any atom is -0.457 e. The van der Waals surface area contributed by atoms with Crippen molar-refractivity contribution in [3.63, 3.8) is 0 Å². The van der Waals surface area contributed by atoms with Crippen LogP contribution >= 0.6 is 0 Å². The summed E-state index contributed by atoms with van der Waals surface area (Å²) >= 11 is 0. The average molecular weight is 236 g/mol. The fourth-order valence-electron chi connectivity index (χ4n) is 2.47. The maximum Gasteiger partial charge on any atom is 0.185 e. The molecule has 1 fully saturated rings. The van der Waals surface area contributed by atoms with Gasteiger partial charge >= 0.3 is 0 Å². The van der Waals surface area contributed by atoms with E-state index in [0.29, 0.717) is 11.8 Å². The lowest BCUT2D eigenvalue weighted by Crippen LogP contribution is -2.36. The molecule has 0 aliphatic carbocycles. The van der Waals surface area contributed by atoms with Gasteiger partial charge in [0.25, 0.3) is 0 Å². The van der Waals surface area contributed by atoms with Crippen LogP contribution in [0.1, 0.15) is 29.2 Å². The van der Waals surface area contributed by atoms with E-state index in [2.05, 4.69) is 23.9 Å². The van der Waals surface area contributed by atoms with Gasteiger partial charge in [-0.05, 0) is 45.6 Å². The molecule has 2 heterocycles. The van der Waals surface area contributed by atoms with Gasteiger partial charge in [0.1, 0.15) is 5.76 Å². The fraction of sp³-hybridized carbons (Fsp3) is 0.615. The molecule has 0 aromatic carbocycles. The lowest BCUT2D eigenvalue weighted by molar-refractivity contribution is 0.109. The SMILES string of the molecule is CN(C)CC1CCCN1Cc1ccc(C=O)o1. The number of furan rings is 1. The minimum absolute atomic E-state index is 0.420. The largest absolute Gasteiger partial charge is 0.457 e. The van der Waals surface area contributed by atoms with Gasteiger partial charge in [0.05, 0.1) is 6.54 Å². The van der Waals surface area contributed by atoms with Crippen molar-refractivity contribution in [2.45, 2.75) is 25.4 Å². The number of nitrogens with zero attached hydrogens (tertiary/aromatic N) is 2. The molecule has 1 aliphatic heterocycles. The van der Waals surface area contributed by atoms with E-state index in [0.717, 1.165) is 31.7 Å². The summed E-state index contributed by atoms with van der Waals surface area (Å²) < 4.78 is 5.42. The van der Waals surface area contributed by atoms with Crippen LogP contribution in [0, 0.1) is 0 Å². The number of likely N-dealkylation sites (N-methyl/N-ethyl adjacent to an activating group) is 1. The van der Waals surface area contributed by atoms with Crippen molar-refractivity contribution in [2.75, 3.05) is 27.2 Å². The number of hydrogen-bond acceptors (Lipinski definition) is 4. The molecule has 1 atom stereocenters. The van der Waals surface area contributed by atoms with Crippen molar-refractivity contribution < 1.29 is 9.21 Å². The molecule has 4 nitrogen and oxygen atoms in total. The minimum atomic E-state index is 0.420. The van der Waals surface area contributed by atoms with Gasteiger partial charge in [0.2, 0.25) is 0 Å². The van der Waals surface area contributed by atoms with Crippen LogP contribution in [0.25, 0.3) is 0 Å². The Balaban J connectivity index is 1.95. The van der Waals surface area contributed by atoms with Crippen molar-refractivity contribution in [3.05, 3.63) is 23.7 Å². The summed E-state index contributed by atoms with van der Waals surface area (Å²) in [7, 11) is 4.21. The van der Waals surface area contributed by atoms with Gasteiger partial charge in [-0.15, -0.1) is 0 Å². The van der Waals surface area contributed by atoms with Crippen LogP contribution in [-0.4, -0.2) is 49.3 Å². The maximum atomic E-state index is 10.6. The van der Waals surface area contributed by atoms with Crippen molar-refractivity contribution in [2.24, 2.45) is 0 Å². The molecule has 0 N–H and O–H groups in total. The first kappa shape index (κ1) is 12.3. The summed E-state index contributed by atoms with van der Waals surface area (Å²) in [6.45, 7) is 3.02. The lowest BCUT2D eigenvalue weighted by Gasteiger charge is -2.26. The van der Waals surface area contributed by atoms with E-state index in [1.165, 1.54) is 12.8 Å². The van der Waals surface area contributed by atoms with Gasteiger partial charge in [-0.3, -0.25) is 9.69 Å². The number of hydrogen-bond donors (Lipinski definition) is 0. The Kier molecular flexibility index (Phi) is 3.97. The van der Waals surface area contributed by atoms with E-state index in [1.54, 1.807) is 6.07 Å². The Morgan fingerprint density at radius 3 is 3.00 bits per heavy atom. The number of rotatable bonds is 5. The van der Waals surface area contributed by atoms with Gasteiger partial charge < -0.3 is 9.32 Å². The number of carbonyl (C=O) groups is 1. The van der Waals surface area contributed by atoms with Crippen LogP contribution in [0.15, 0.2) is 16.5 Å². The van der Waals surface area contributed by atoms with Crippen LogP contribution in [0.4, 0.5) is 0 Å². The Hall–Kier alpha value is -1.13. The third kappa shape index (κ3) is 3.17. The highest BCUT2D eigenvalue weighted by Crippen LogP contribution is 2.21. The second-order valence-corrected chi connectivity index (χ2v) is 4.95. The van der Waals surface area contributed by atoms with Gasteiger partial charge in [-0.1, -0.05) is 0 Å². The molecule has 1 aromatic rings. The second-order valence-electron chi connectivity index (χ2n) is 4.95. The van der Waals surface area contributed by atoms with E-state index in [1.807, 2.05) is 6.07 Å². The molecule has 0 saturated carbocycles. The van der Waals surface area contributed by atoms with E-state index in [9.17, 15) is 4.79 Å². The Morgan fingerprint density at radius 1 is 1.53 bits per heavy atom. The lowest BCUT2D eigenvalue weighted by atomic mass is 10.2. The molecule has 1 aromatic heterocycles. The topological polar surface area (TPSA) is 36.7 Å². The predicted molar refractivity (Wildman–Crippen MR) is 66.1 cm³/mol. The predicted octanol–water partition coefficient (Wildman–Crippen LogP) is 1.62. The maximum absolute atomic E-state index is 10.6. The molecular weight excluding hydrogens is 216 g/mol. The molecule has 1 unspecified atom stereocenters. The summed E-state index contributed by atoms with van der Waals surface area (Å²) in [6.07, 6.45) is 3.25. The quantitative estimate of drug-likeness (QED) is 0.728. The van der Waals surface area contributed by atoms with Gasteiger partial charge in [0.15, 0.2) is 12.0 Å². The number of aldehydes is 1. The normalized spacial score (nSPS) is 21.2. The van der Waals surface area contributed by atoms with Crippen LogP contribution in [0.5, 0.6) is 0 Å². The third-order valence-corrected chi connectivity index (χ3v) is 3.23. The smallest absolute Gasteiger partial charge is 0.185 e. The zero-order valence-electron chi connectivity index (χ0n) is 10.6. The molecule has 1 aliphatic rings. The molecule has 17 heavy (non-hydrogen) atoms. The van der Waals surface area contributed by atoms with Crippen molar-refractivity contribution in [1.82, 2.24) is 9.80 Å². The number of carbonyl (C=O) groups excluding carboxylic acids is 1. The Labute approximate surface area is 102 Å². The first-order valence-corrected chi connectivity index (χ1v) is 6.11. The Bertz CT molecular complexity index is 373. The standard InChI is InChI=1S/C13H20N2O2/c1-14(2)8-11-4-3-7-15(11)9-12-5-6-13(10-16)17-12/h5-6,10-11H,3-4,7-9H2,1-2H3. The van der Waals surface area contributed by atoms with Crippen LogP contribution in [0.2, 0.25) is 0 Å². The summed E-state index contributed by atoms with van der Waals surface area (Å²) in [5.41, 5.74) is 0. The first-order valence-electron chi connectivity index (χ1n) is 6.11. The molecule has 0 spiro atoms. The summed E-state index contributed by atoms with van der Waals surface area (Å²) in [6, 6.07) is 4.24. The molecule has 1 saturated heterocycles. The van der Waals surface area contributed by atoms with E-state index >= 15 is 0 Å². The van der Waals surface area contributed by atoms with Gasteiger partial charge in [-0.25, -0.2) is 0 Å². The third-order valence-electron chi connectivity index (χ3n) is 3.23. The van der Waals surface area contributed by atoms with Crippen molar-refractivity contribution >= 4 is 6.29 Å². The molecular formula is C13H20N2O2. The summed E-state index contributed by atoms with van der Waals surface area (Å²) in [5, 5.41) is 0. The number of likely N-dealkylation sites (tertiary alicyclic amines) is 1. The zero-order chi connectivity index (χ0) is 12.3. The van der Waals surface area contributed by atoms with Crippen molar-refractivity contribution in [3.8, 4) is 0 Å². The highest BCUT2D eigenvalue weighted by molar-refractivity contribution is 5.70.